The Labute approximate surface area is 86.1 Å². The van der Waals surface area contributed by atoms with Gasteiger partial charge in [0, 0.05) is 12.5 Å². The molecule has 0 heterocycles. The van der Waals surface area contributed by atoms with Crippen LogP contribution in [0.4, 0.5) is 4.39 Å². The van der Waals surface area contributed by atoms with Crippen LogP contribution in [-0.2, 0) is 11.2 Å². The number of aryl methyl sites for hydroxylation is 1. The van der Waals surface area contributed by atoms with Gasteiger partial charge in [-0.1, -0.05) is 0 Å². The van der Waals surface area contributed by atoms with E-state index in [0.717, 1.165) is 6.07 Å². The lowest BCUT2D eigenvalue weighted by atomic mass is 10.0. The van der Waals surface area contributed by atoms with E-state index in [1.54, 1.807) is 6.92 Å². The molecule has 0 saturated heterocycles. The quantitative estimate of drug-likeness (QED) is 0.693. The Hall–Kier alpha value is -1.62. The molecule has 82 valence electrons. The average molecular weight is 213 g/mol. The molecule has 5 heteroatoms. The van der Waals surface area contributed by atoms with Crippen LogP contribution in [0.1, 0.15) is 11.1 Å². The number of phenolic OH excluding ortho intramolecular Hbond substituents is 1. The standard InChI is InChI=1S/C10H12FNO3/c1-5-2-6(3-8(12)10(14)15)7(11)4-9(5)13/h2,4,8,13H,3,12H2,1H3,(H,14,15). The molecule has 1 aromatic carbocycles. The molecule has 0 spiro atoms. The molecule has 1 unspecified atom stereocenters. The van der Waals surface area contributed by atoms with Crippen molar-refractivity contribution in [2.75, 3.05) is 0 Å². The van der Waals surface area contributed by atoms with Crippen LogP contribution in [0.3, 0.4) is 0 Å². The zero-order valence-electron chi connectivity index (χ0n) is 8.20. The first-order chi connectivity index (χ1) is 6.91. The van der Waals surface area contributed by atoms with Crippen molar-refractivity contribution in [2.45, 2.75) is 19.4 Å². The van der Waals surface area contributed by atoms with Crippen LogP contribution in [0.5, 0.6) is 5.75 Å². The van der Waals surface area contributed by atoms with Crippen LogP contribution in [-0.4, -0.2) is 22.2 Å². The van der Waals surface area contributed by atoms with Gasteiger partial charge in [-0.15, -0.1) is 0 Å². The maximum absolute atomic E-state index is 13.2. The van der Waals surface area contributed by atoms with Gasteiger partial charge in [0.2, 0.25) is 0 Å². The Kier molecular flexibility index (Phi) is 3.26. The number of aromatic hydroxyl groups is 1. The van der Waals surface area contributed by atoms with Gasteiger partial charge >= 0.3 is 5.97 Å². The number of hydrogen-bond acceptors (Lipinski definition) is 3. The lowest BCUT2D eigenvalue weighted by molar-refractivity contribution is -0.138. The molecule has 4 nitrogen and oxygen atoms in total. The first-order valence-corrected chi connectivity index (χ1v) is 4.38. The lowest BCUT2D eigenvalue weighted by Crippen LogP contribution is -2.32. The zero-order chi connectivity index (χ0) is 11.6. The normalized spacial score (nSPS) is 12.5. The predicted molar refractivity (Wildman–Crippen MR) is 52.1 cm³/mol. The highest BCUT2D eigenvalue weighted by atomic mass is 19.1. The zero-order valence-corrected chi connectivity index (χ0v) is 8.20. The van der Waals surface area contributed by atoms with Crippen LogP contribution in [0.25, 0.3) is 0 Å². The molecule has 0 aliphatic rings. The van der Waals surface area contributed by atoms with E-state index in [9.17, 15) is 14.3 Å². The molecule has 1 atom stereocenters. The van der Waals surface area contributed by atoms with Gasteiger partial charge in [0.15, 0.2) is 0 Å². The fourth-order valence-electron chi connectivity index (χ4n) is 1.21. The van der Waals surface area contributed by atoms with Crippen molar-refractivity contribution >= 4 is 5.97 Å². The van der Waals surface area contributed by atoms with E-state index in [-0.39, 0.29) is 17.7 Å². The second-order valence-electron chi connectivity index (χ2n) is 3.38. The predicted octanol–water partition coefficient (Wildman–Crippen LogP) is 0.794. The monoisotopic (exact) mass is 213 g/mol. The summed E-state index contributed by atoms with van der Waals surface area (Å²) in [6, 6.07) is 1.22. The number of rotatable bonds is 3. The van der Waals surface area contributed by atoms with Gasteiger partial charge in [0.05, 0.1) is 0 Å². The number of halogens is 1. The van der Waals surface area contributed by atoms with Crippen molar-refractivity contribution in [3.63, 3.8) is 0 Å². The number of aliphatic carboxylic acids is 1. The highest BCUT2D eigenvalue weighted by Gasteiger charge is 2.15. The van der Waals surface area contributed by atoms with Gasteiger partial charge in [-0.2, -0.15) is 0 Å². The van der Waals surface area contributed by atoms with E-state index >= 15 is 0 Å². The number of benzene rings is 1. The minimum atomic E-state index is -1.18. The molecule has 1 rings (SSSR count). The lowest BCUT2D eigenvalue weighted by Gasteiger charge is -2.09. The second kappa shape index (κ2) is 4.27. The first-order valence-electron chi connectivity index (χ1n) is 4.38. The molecule has 0 aromatic heterocycles. The number of hydrogen-bond donors (Lipinski definition) is 3. The van der Waals surface area contributed by atoms with Gasteiger partial charge in [0.25, 0.3) is 0 Å². The van der Waals surface area contributed by atoms with Gasteiger partial charge in [0.1, 0.15) is 17.6 Å². The Balaban J connectivity index is 2.95. The highest BCUT2D eigenvalue weighted by molar-refractivity contribution is 5.73. The van der Waals surface area contributed by atoms with E-state index in [1.165, 1.54) is 6.07 Å². The van der Waals surface area contributed by atoms with Crippen molar-refractivity contribution < 1.29 is 19.4 Å². The van der Waals surface area contributed by atoms with Gasteiger partial charge in [-0.3, -0.25) is 4.79 Å². The molecule has 0 fully saturated rings. The Morgan fingerprint density at radius 1 is 1.60 bits per heavy atom. The molecule has 0 aliphatic carbocycles. The van der Waals surface area contributed by atoms with Crippen molar-refractivity contribution in [1.82, 2.24) is 0 Å². The molecule has 0 bridgehead atoms. The summed E-state index contributed by atoms with van der Waals surface area (Å²) in [5, 5.41) is 17.7. The highest BCUT2D eigenvalue weighted by Crippen LogP contribution is 2.21. The topological polar surface area (TPSA) is 83.6 Å². The largest absolute Gasteiger partial charge is 0.508 e. The van der Waals surface area contributed by atoms with E-state index in [4.69, 9.17) is 10.8 Å². The van der Waals surface area contributed by atoms with Gasteiger partial charge in [-0.25, -0.2) is 4.39 Å². The molecule has 0 aliphatic heterocycles. The number of carboxylic acid groups (broad SMARTS) is 1. The number of carboxylic acids is 1. The van der Waals surface area contributed by atoms with Crippen LogP contribution < -0.4 is 5.73 Å². The van der Waals surface area contributed by atoms with Crippen LogP contribution in [0, 0.1) is 12.7 Å². The van der Waals surface area contributed by atoms with Gasteiger partial charge in [-0.05, 0) is 24.1 Å². The molecular formula is C10H12FNO3. The van der Waals surface area contributed by atoms with Crippen LogP contribution >= 0.6 is 0 Å². The summed E-state index contributed by atoms with van der Waals surface area (Å²) >= 11 is 0. The molecular weight excluding hydrogens is 201 g/mol. The van der Waals surface area contributed by atoms with E-state index in [0.29, 0.717) is 5.56 Å². The third kappa shape index (κ3) is 2.66. The maximum atomic E-state index is 13.2. The van der Waals surface area contributed by atoms with Crippen molar-refractivity contribution in [1.29, 1.82) is 0 Å². The fraction of sp³-hybridized carbons (Fsp3) is 0.300. The smallest absolute Gasteiger partial charge is 0.320 e. The Morgan fingerprint density at radius 3 is 2.73 bits per heavy atom. The summed E-state index contributed by atoms with van der Waals surface area (Å²) < 4.78 is 13.2. The number of nitrogens with two attached hydrogens (primary N) is 1. The summed E-state index contributed by atoms with van der Waals surface area (Å²) in [5.74, 6) is -1.98. The minimum absolute atomic E-state index is 0.0950. The minimum Gasteiger partial charge on any atom is -0.508 e. The second-order valence-corrected chi connectivity index (χ2v) is 3.38. The van der Waals surface area contributed by atoms with Crippen molar-refractivity contribution in [3.8, 4) is 5.75 Å². The summed E-state index contributed by atoms with van der Waals surface area (Å²) in [6.45, 7) is 1.60. The summed E-state index contributed by atoms with van der Waals surface area (Å²) in [4.78, 5) is 10.5. The Morgan fingerprint density at radius 2 is 2.20 bits per heavy atom. The van der Waals surface area contributed by atoms with E-state index < -0.39 is 17.8 Å². The fourth-order valence-corrected chi connectivity index (χ4v) is 1.21. The number of phenols is 1. The van der Waals surface area contributed by atoms with Crippen LogP contribution in [0.2, 0.25) is 0 Å². The van der Waals surface area contributed by atoms with Gasteiger partial charge < -0.3 is 15.9 Å². The third-order valence-electron chi connectivity index (χ3n) is 2.12. The Bertz CT molecular complexity index is 392. The molecule has 0 radical (unpaired) electrons. The summed E-state index contributed by atoms with van der Waals surface area (Å²) in [5.41, 5.74) is 5.96. The SMILES string of the molecule is Cc1cc(CC(N)C(=O)O)c(F)cc1O. The third-order valence-corrected chi connectivity index (χ3v) is 2.12. The maximum Gasteiger partial charge on any atom is 0.320 e. The molecule has 0 saturated carbocycles. The first kappa shape index (κ1) is 11.5. The van der Waals surface area contributed by atoms with Crippen LogP contribution in [0.15, 0.2) is 12.1 Å². The van der Waals surface area contributed by atoms with Crippen molar-refractivity contribution in [2.24, 2.45) is 5.73 Å². The molecule has 0 amide bonds. The average Bonchev–Trinajstić information content (AvgIpc) is 2.13. The summed E-state index contributed by atoms with van der Waals surface area (Å²) in [6.07, 6.45) is -0.0950. The molecule has 15 heavy (non-hydrogen) atoms. The van der Waals surface area contributed by atoms with E-state index in [2.05, 4.69) is 0 Å². The molecule has 4 N–H and O–H groups in total. The molecule has 1 aromatic rings. The summed E-state index contributed by atoms with van der Waals surface area (Å²) in [7, 11) is 0. The van der Waals surface area contributed by atoms with Crippen molar-refractivity contribution in [3.05, 3.63) is 29.1 Å². The number of carbonyl (C=O) groups is 1. The van der Waals surface area contributed by atoms with E-state index in [1.807, 2.05) is 0 Å².